The average molecular weight is 504 g/mol. The van der Waals surface area contributed by atoms with Crippen LogP contribution in [0, 0.1) is 19.7 Å². The molecule has 0 spiro atoms. The second-order valence-electron chi connectivity index (χ2n) is 10.2. The summed E-state index contributed by atoms with van der Waals surface area (Å²) >= 11 is 0. The van der Waals surface area contributed by atoms with E-state index in [4.69, 9.17) is 0 Å². The van der Waals surface area contributed by atoms with Crippen LogP contribution in [0.4, 0.5) is 4.39 Å². The van der Waals surface area contributed by atoms with Gasteiger partial charge in [-0.05, 0) is 62.4 Å². The zero-order chi connectivity index (χ0) is 26.3. The lowest BCUT2D eigenvalue weighted by Crippen LogP contribution is -2.64. The number of nitrogens with one attached hydrogen (secondary N) is 2. The lowest BCUT2D eigenvalue weighted by Gasteiger charge is -2.44. The van der Waals surface area contributed by atoms with Crippen molar-refractivity contribution in [2.45, 2.75) is 64.8 Å². The van der Waals surface area contributed by atoms with Gasteiger partial charge >= 0.3 is 0 Å². The number of hydrogen-bond donors (Lipinski definition) is 2. The van der Waals surface area contributed by atoms with Gasteiger partial charge in [-0.1, -0.05) is 35.9 Å². The van der Waals surface area contributed by atoms with Crippen molar-refractivity contribution < 1.29 is 18.8 Å². The quantitative estimate of drug-likeness (QED) is 0.517. The molecule has 0 bridgehead atoms. The molecule has 9 heteroatoms. The number of nitrogens with zero attached hydrogens (tertiary/aromatic N) is 3. The number of benzene rings is 2. The van der Waals surface area contributed by atoms with Gasteiger partial charge in [0.05, 0.1) is 12.9 Å². The molecule has 1 aliphatic carbocycles. The third-order valence-corrected chi connectivity index (χ3v) is 7.20. The molecule has 2 aromatic carbocycles. The summed E-state index contributed by atoms with van der Waals surface area (Å²) in [6.07, 6.45) is 3.06. The number of aromatic nitrogens is 2. The fourth-order valence-corrected chi connectivity index (χ4v) is 4.95. The summed E-state index contributed by atoms with van der Waals surface area (Å²) in [5, 5.41) is 5.80. The van der Waals surface area contributed by atoms with Crippen LogP contribution in [-0.4, -0.2) is 43.8 Å². The largest absolute Gasteiger partial charge is 0.350 e. The lowest BCUT2D eigenvalue weighted by atomic mass is 9.93. The second kappa shape index (κ2) is 9.46. The molecule has 8 nitrogen and oxygen atoms in total. The van der Waals surface area contributed by atoms with E-state index in [1.54, 1.807) is 28.5 Å². The van der Waals surface area contributed by atoms with Crippen LogP contribution in [0.25, 0.3) is 0 Å². The van der Waals surface area contributed by atoms with Crippen molar-refractivity contribution in [3.8, 4) is 0 Å². The summed E-state index contributed by atoms with van der Waals surface area (Å²) in [5.41, 5.74) is 3.03. The Bertz CT molecular complexity index is 1380. The highest BCUT2D eigenvalue weighted by atomic mass is 19.1. The number of hydrogen-bond acceptors (Lipinski definition) is 4. The Morgan fingerprint density at radius 2 is 1.81 bits per heavy atom. The summed E-state index contributed by atoms with van der Waals surface area (Å²) in [7, 11) is 0. The third kappa shape index (κ3) is 4.73. The van der Waals surface area contributed by atoms with Gasteiger partial charge in [0.25, 0.3) is 11.8 Å². The van der Waals surface area contributed by atoms with Crippen molar-refractivity contribution in [3.63, 3.8) is 0 Å². The SMILES string of the molecule is Cc1ccc(C)c(CNC(=O)c2ncn3c2C(=O)N(C2CC2)[C@@](C)(C(=O)NCc2ccc(F)cc2)C3)c1. The second-order valence-corrected chi connectivity index (χ2v) is 10.2. The molecule has 0 unspecified atom stereocenters. The maximum absolute atomic E-state index is 13.8. The summed E-state index contributed by atoms with van der Waals surface area (Å²) in [6, 6.07) is 11.9. The maximum Gasteiger partial charge on any atom is 0.274 e. The van der Waals surface area contributed by atoms with Gasteiger partial charge in [-0.15, -0.1) is 0 Å². The molecular weight excluding hydrogens is 473 g/mol. The zero-order valence-electron chi connectivity index (χ0n) is 21.2. The van der Waals surface area contributed by atoms with Gasteiger partial charge in [0.1, 0.15) is 17.1 Å². The van der Waals surface area contributed by atoms with E-state index in [-0.39, 0.29) is 48.2 Å². The van der Waals surface area contributed by atoms with Crippen LogP contribution >= 0.6 is 0 Å². The van der Waals surface area contributed by atoms with Crippen molar-refractivity contribution >= 4 is 17.7 Å². The highest BCUT2D eigenvalue weighted by Crippen LogP contribution is 2.38. The lowest BCUT2D eigenvalue weighted by molar-refractivity contribution is -0.133. The number of carbonyl (C=O) groups excluding carboxylic acids is 3. The molecule has 2 N–H and O–H groups in total. The average Bonchev–Trinajstić information content (AvgIpc) is 3.61. The van der Waals surface area contributed by atoms with Gasteiger partial charge in [0.2, 0.25) is 5.91 Å². The van der Waals surface area contributed by atoms with Gasteiger partial charge in [-0.2, -0.15) is 0 Å². The Labute approximate surface area is 214 Å². The van der Waals surface area contributed by atoms with Gasteiger partial charge < -0.3 is 20.1 Å². The standard InChI is InChI=1S/C28H30FN5O3/c1-17-4-5-18(2)20(12-17)14-30-25(35)23-24-26(36)34(22-10-11-22)28(3,15-33(24)16-32-23)27(37)31-13-19-6-8-21(29)9-7-19/h4-9,12,16,22H,10-11,13-15H2,1-3H3,(H,30,35)(H,31,37)/t28-/m1/s1. The number of fused-ring (bicyclic) bond motifs is 1. The minimum absolute atomic E-state index is 0.0646. The minimum Gasteiger partial charge on any atom is -0.350 e. The number of halogens is 1. The van der Waals surface area contributed by atoms with E-state index in [2.05, 4.69) is 15.6 Å². The predicted octanol–water partition coefficient (Wildman–Crippen LogP) is 3.26. The molecule has 5 rings (SSSR count). The van der Waals surface area contributed by atoms with Gasteiger partial charge in [-0.3, -0.25) is 14.4 Å². The first-order chi connectivity index (χ1) is 17.7. The summed E-state index contributed by atoms with van der Waals surface area (Å²) in [6.45, 7) is 6.43. The molecule has 1 atom stereocenters. The fourth-order valence-electron chi connectivity index (χ4n) is 4.95. The van der Waals surface area contributed by atoms with E-state index in [0.717, 1.165) is 35.1 Å². The first kappa shape index (κ1) is 24.7. The highest BCUT2D eigenvalue weighted by molar-refractivity contribution is 6.07. The van der Waals surface area contributed by atoms with E-state index in [0.29, 0.717) is 6.54 Å². The predicted molar refractivity (Wildman–Crippen MR) is 135 cm³/mol. The van der Waals surface area contributed by atoms with Crippen LogP contribution in [0.5, 0.6) is 0 Å². The monoisotopic (exact) mass is 503 g/mol. The molecule has 1 aliphatic heterocycles. The number of rotatable bonds is 7. The topological polar surface area (TPSA) is 96.3 Å². The van der Waals surface area contributed by atoms with Crippen molar-refractivity contribution in [1.29, 1.82) is 0 Å². The van der Waals surface area contributed by atoms with E-state index in [1.807, 2.05) is 32.0 Å². The molecule has 1 fully saturated rings. The molecular formula is C28H30FN5O3. The molecule has 0 saturated heterocycles. The van der Waals surface area contributed by atoms with Crippen LogP contribution < -0.4 is 10.6 Å². The smallest absolute Gasteiger partial charge is 0.274 e. The van der Waals surface area contributed by atoms with E-state index in [1.165, 1.54) is 18.5 Å². The molecule has 1 saturated carbocycles. The first-order valence-electron chi connectivity index (χ1n) is 12.4. The normalized spacial score (nSPS) is 18.9. The number of carbonyl (C=O) groups is 3. The van der Waals surface area contributed by atoms with Crippen LogP contribution in [0.1, 0.15) is 63.0 Å². The van der Waals surface area contributed by atoms with Crippen molar-refractivity contribution in [3.05, 3.63) is 88.3 Å². The molecule has 37 heavy (non-hydrogen) atoms. The van der Waals surface area contributed by atoms with E-state index >= 15 is 0 Å². The number of imidazole rings is 1. The molecule has 0 radical (unpaired) electrons. The Hall–Kier alpha value is -4.01. The minimum atomic E-state index is -1.15. The number of amides is 3. The molecule has 3 aromatic rings. The zero-order valence-corrected chi connectivity index (χ0v) is 21.2. The van der Waals surface area contributed by atoms with Crippen LogP contribution in [0.2, 0.25) is 0 Å². The van der Waals surface area contributed by atoms with Gasteiger partial charge in [0.15, 0.2) is 5.69 Å². The first-order valence-corrected chi connectivity index (χ1v) is 12.4. The molecule has 2 heterocycles. The van der Waals surface area contributed by atoms with Crippen LogP contribution in [0.15, 0.2) is 48.8 Å². The van der Waals surface area contributed by atoms with Crippen molar-refractivity contribution in [1.82, 2.24) is 25.1 Å². The van der Waals surface area contributed by atoms with Crippen LogP contribution in [-0.2, 0) is 24.4 Å². The van der Waals surface area contributed by atoms with E-state index in [9.17, 15) is 18.8 Å². The summed E-state index contributed by atoms with van der Waals surface area (Å²) in [5.74, 6) is -1.45. The van der Waals surface area contributed by atoms with E-state index < -0.39 is 11.4 Å². The van der Waals surface area contributed by atoms with Crippen LogP contribution in [0.3, 0.4) is 0 Å². The van der Waals surface area contributed by atoms with Gasteiger partial charge in [0, 0.05) is 19.1 Å². The molecule has 3 amide bonds. The molecule has 2 aliphatic rings. The number of aryl methyl sites for hydroxylation is 2. The van der Waals surface area contributed by atoms with Crippen molar-refractivity contribution in [2.24, 2.45) is 0 Å². The Kier molecular flexibility index (Phi) is 6.31. The highest BCUT2D eigenvalue weighted by Gasteiger charge is 2.53. The Morgan fingerprint density at radius 1 is 1.08 bits per heavy atom. The third-order valence-electron chi connectivity index (χ3n) is 7.20. The molecule has 192 valence electrons. The maximum atomic E-state index is 13.8. The van der Waals surface area contributed by atoms with Gasteiger partial charge in [-0.25, -0.2) is 9.37 Å². The Morgan fingerprint density at radius 3 is 2.51 bits per heavy atom. The fraction of sp³-hybridized carbons (Fsp3) is 0.357. The van der Waals surface area contributed by atoms with Crippen molar-refractivity contribution in [2.75, 3.05) is 0 Å². The summed E-state index contributed by atoms with van der Waals surface area (Å²) in [4.78, 5) is 46.2. The Balaban J connectivity index is 1.36. The summed E-state index contributed by atoms with van der Waals surface area (Å²) < 4.78 is 14.8. The molecule has 1 aromatic heterocycles.